The highest BCUT2D eigenvalue weighted by atomic mass is 127. The smallest absolute Gasteiger partial charge is 0.269 e. The van der Waals surface area contributed by atoms with Crippen molar-refractivity contribution in [3.8, 4) is 0 Å². The van der Waals surface area contributed by atoms with Gasteiger partial charge < -0.3 is 5.32 Å². The second kappa shape index (κ2) is 6.47. The lowest BCUT2D eigenvalue weighted by atomic mass is 10.2. The summed E-state index contributed by atoms with van der Waals surface area (Å²) >= 11 is 2.09. The summed E-state index contributed by atoms with van der Waals surface area (Å²) in [5.41, 5.74) is 1.31. The molecule has 0 aliphatic carbocycles. The molecule has 20 heavy (non-hydrogen) atoms. The largest absolute Gasteiger partial charge is 0.348 e. The zero-order chi connectivity index (χ0) is 14.5. The minimum atomic E-state index is -0.453. The second-order valence-electron chi connectivity index (χ2n) is 4.09. The van der Waals surface area contributed by atoms with Gasteiger partial charge in [-0.25, -0.2) is 0 Å². The molecular formula is C14H11IN2O3. The van der Waals surface area contributed by atoms with E-state index in [1.807, 2.05) is 12.1 Å². The van der Waals surface area contributed by atoms with E-state index in [1.165, 1.54) is 12.1 Å². The summed E-state index contributed by atoms with van der Waals surface area (Å²) in [6, 6.07) is 13.5. The van der Waals surface area contributed by atoms with Crippen LogP contribution in [0.25, 0.3) is 0 Å². The number of carbonyl (C=O) groups excluding carboxylic acids is 1. The molecule has 2 rings (SSSR count). The highest BCUT2D eigenvalue weighted by Crippen LogP contribution is 2.14. The SMILES string of the molecule is O=C(NCc1cccc([N+](=O)[O-])c1)c1ccccc1I. The Kier molecular flexibility index (Phi) is 4.67. The number of halogens is 1. The molecule has 0 saturated heterocycles. The summed E-state index contributed by atoms with van der Waals surface area (Å²) in [4.78, 5) is 22.2. The maximum absolute atomic E-state index is 12.0. The van der Waals surface area contributed by atoms with Crippen LogP contribution in [-0.2, 0) is 6.54 Å². The van der Waals surface area contributed by atoms with Gasteiger partial charge in [0.25, 0.3) is 11.6 Å². The van der Waals surface area contributed by atoms with Crippen LogP contribution in [0.1, 0.15) is 15.9 Å². The predicted octanol–water partition coefficient (Wildman–Crippen LogP) is 3.13. The normalized spacial score (nSPS) is 10.1. The molecule has 0 atom stereocenters. The molecule has 5 nitrogen and oxygen atoms in total. The van der Waals surface area contributed by atoms with Crippen molar-refractivity contribution in [1.82, 2.24) is 5.32 Å². The highest BCUT2D eigenvalue weighted by Gasteiger charge is 2.10. The maximum atomic E-state index is 12.0. The van der Waals surface area contributed by atoms with E-state index in [4.69, 9.17) is 0 Å². The number of amides is 1. The zero-order valence-corrected chi connectivity index (χ0v) is 12.5. The Bertz CT molecular complexity index is 658. The molecule has 0 bridgehead atoms. The highest BCUT2D eigenvalue weighted by molar-refractivity contribution is 14.1. The fourth-order valence-electron chi connectivity index (χ4n) is 1.70. The molecule has 6 heteroatoms. The van der Waals surface area contributed by atoms with Crippen LogP contribution in [-0.4, -0.2) is 10.8 Å². The number of rotatable bonds is 4. The number of nitrogens with one attached hydrogen (secondary N) is 1. The molecule has 0 heterocycles. The molecule has 1 N–H and O–H groups in total. The Morgan fingerprint density at radius 2 is 1.95 bits per heavy atom. The first-order valence-electron chi connectivity index (χ1n) is 5.84. The predicted molar refractivity (Wildman–Crippen MR) is 83.4 cm³/mol. The van der Waals surface area contributed by atoms with E-state index in [2.05, 4.69) is 27.9 Å². The fourth-order valence-corrected chi connectivity index (χ4v) is 2.34. The fraction of sp³-hybridized carbons (Fsp3) is 0.0714. The van der Waals surface area contributed by atoms with Crippen molar-refractivity contribution >= 4 is 34.2 Å². The van der Waals surface area contributed by atoms with Gasteiger partial charge in [-0.3, -0.25) is 14.9 Å². The zero-order valence-electron chi connectivity index (χ0n) is 10.4. The number of hydrogen-bond donors (Lipinski definition) is 1. The van der Waals surface area contributed by atoms with Gasteiger partial charge in [0.1, 0.15) is 0 Å². The number of nitro groups is 1. The quantitative estimate of drug-likeness (QED) is 0.502. The van der Waals surface area contributed by atoms with Crippen LogP contribution in [0.15, 0.2) is 48.5 Å². The van der Waals surface area contributed by atoms with Gasteiger partial charge in [0.15, 0.2) is 0 Å². The van der Waals surface area contributed by atoms with E-state index in [0.29, 0.717) is 11.1 Å². The monoisotopic (exact) mass is 382 g/mol. The van der Waals surface area contributed by atoms with Gasteiger partial charge in [-0.2, -0.15) is 0 Å². The molecule has 2 aromatic rings. The lowest BCUT2D eigenvalue weighted by Crippen LogP contribution is -2.23. The van der Waals surface area contributed by atoms with Gasteiger partial charge >= 0.3 is 0 Å². The van der Waals surface area contributed by atoms with Crippen LogP contribution >= 0.6 is 22.6 Å². The topological polar surface area (TPSA) is 72.2 Å². The van der Waals surface area contributed by atoms with Gasteiger partial charge in [-0.15, -0.1) is 0 Å². The average molecular weight is 382 g/mol. The minimum absolute atomic E-state index is 0.0195. The van der Waals surface area contributed by atoms with Gasteiger partial charge in [0, 0.05) is 22.2 Å². The minimum Gasteiger partial charge on any atom is -0.348 e. The summed E-state index contributed by atoms with van der Waals surface area (Å²) in [5, 5.41) is 13.4. The van der Waals surface area contributed by atoms with Gasteiger partial charge in [0.05, 0.1) is 10.5 Å². The maximum Gasteiger partial charge on any atom is 0.269 e. The third-order valence-electron chi connectivity index (χ3n) is 2.69. The molecular weight excluding hydrogens is 371 g/mol. The molecule has 0 aliphatic rings. The average Bonchev–Trinajstić information content (AvgIpc) is 2.45. The summed E-state index contributed by atoms with van der Waals surface area (Å²) in [5.74, 6) is -0.193. The van der Waals surface area contributed by atoms with E-state index in [9.17, 15) is 14.9 Å². The Morgan fingerprint density at radius 1 is 1.20 bits per heavy atom. The van der Waals surface area contributed by atoms with Crippen molar-refractivity contribution in [2.75, 3.05) is 0 Å². The summed E-state index contributed by atoms with van der Waals surface area (Å²) < 4.78 is 0.863. The van der Waals surface area contributed by atoms with Crippen molar-refractivity contribution in [1.29, 1.82) is 0 Å². The van der Waals surface area contributed by atoms with Gasteiger partial charge in [-0.05, 0) is 40.3 Å². The van der Waals surface area contributed by atoms with Crippen LogP contribution in [0, 0.1) is 13.7 Å². The molecule has 0 fully saturated rings. The van der Waals surface area contributed by atoms with Gasteiger partial charge in [0.2, 0.25) is 0 Å². The second-order valence-corrected chi connectivity index (χ2v) is 5.25. The molecule has 0 saturated carbocycles. The van der Waals surface area contributed by atoms with Crippen molar-refractivity contribution in [2.45, 2.75) is 6.54 Å². The Balaban J connectivity index is 2.06. The number of carbonyl (C=O) groups is 1. The molecule has 0 aliphatic heterocycles. The molecule has 0 unspecified atom stereocenters. The number of non-ortho nitro benzene ring substituents is 1. The van der Waals surface area contributed by atoms with Gasteiger partial charge in [-0.1, -0.05) is 24.3 Å². The third-order valence-corrected chi connectivity index (χ3v) is 3.63. The first-order valence-corrected chi connectivity index (χ1v) is 6.92. The Hall–Kier alpha value is -1.96. The van der Waals surface area contributed by atoms with Crippen LogP contribution in [0.5, 0.6) is 0 Å². The first-order chi connectivity index (χ1) is 9.58. The van der Waals surface area contributed by atoms with Crippen molar-refractivity contribution in [3.05, 3.63) is 73.3 Å². The molecule has 102 valence electrons. The summed E-state index contributed by atoms with van der Waals surface area (Å²) in [6.45, 7) is 0.255. The van der Waals surface area contributed by atoms with Crippen LogP contribution < -0.4 is 5.32 Å². The molecule has 2 aromatic carbocycles. The van der Waals surface area contributed by atoms with E-state index in [1.54, 1.807) is 24.3 Å². The summed E-state index contributed by atoms with van der Waals surface area (Å²) in [7, 11) is 0. The lowest BCUT2D eigenvalue weighted by molar-refractivity contribution is -0.384. The van der Waals surface area contributed by atoms with E-state index in [0.717, 1.165) is 3.57 Å². The van der Waals surface area contributed by atoms with Crippen molar-refractivity contribution in [3.63, 3.8) is 0 Å². The van der Waals surface area contributed by atoms with Crippen molar-refractivity contribution < 1.29 is 9.72 Å². The van der Waals surface area contributed by atoms with Crippen molar-refractivity contribution in [2.24, 2.45) is 0 Å². The number of nitrogens with zero attached hydrogens (tertiary/aromatic N) is 1. The molecule has 0 radical (unpaired) electrons. The first kappa shape index (κ1) is 14.4. The van der Waals surface area contributed by atoms with E-state index >= 15 is 0 Å². The molecule has 0 spiro atoms. The molecule has 0 aromatic heterocycles. The van der Waals surface area contributed by atoms with E-state index < -0.39 is 4.92 Å². The number of benzene rings is 2. The number of hydrogen-bond acceptors (Lipinski definition) is 3. The Labute approximate surface area is 129 Å². The van der Waals surface area contributed by atoms with Crippen LogP contribution in [0.3, 0.4) is 0 Å². The van der Waals surface area contributed by atoms with E-state index in [-0.39, 0.29) is 18.1 Å². The third kappa shape index (κ3) is 3.53. The lowest BCUT2D eigenvalue weighted by Gasteiger charge is -2.06. The Morgan fingerprint density at radius 3 is 2.65 bits per heavy atom. The number of nitro benzene ring substituents is 1. The van der Waals surface area contributed by atoms with Crippen LogP contribution in [0.2, 0.25) is 0 Å². The molecule has 1 amide bonds. The standard InChI is InChI=1S/C14H11IN2O3/c15-13-7-2-1-6-12(13)14(18)16-9-10-4-3-5-11(8-10)17(19)20/h1-8H,9H2,(H,16,18). The van der Waals surface area contributed by atoms with Crippen LogP contribution in [0.4, 0.5) is 5.69 Å². The summed E-state index contributed by atoms with van der Waals surface area (Å²) in [6.07, 6.45) is 0.